The summed E-state index contributed by atoms with van der Waals surface area (Å²) in [6, 6.07) is 0.785. The maximum absolute atomic E-state index is 3.77. The van der Waals surface area contributed by atoms with Crippen molar-refractivity contribution in [3.8, 4) is 0 Å². The predicted octanol–water partition coefficient (Wildman–Crippen LogP) is 4.76. The first-order valence-electron chi connectivity index (χ1n) is 8.01. The Morgan fingerprint density at radius 1 is 1.00 bits per heavy atom. The van der Waals surface area contributed by atoms with Crippen molar-refractivity contribution in [2.75, 3.05) is 6.54 Å². The van der Waals surface area contributed by atoms with Crippen molar-refractivity contribution in [2.45, 2.75) is 84.6 Å². The fraction of sp³-hybridized carbons (Fsp3) is 1.00. The van der Waals surface area contributed by atoms with Crippen molar-refractivity contribution < 1.29 is 0 Å². The summed E-state index contributed by atoms with van der Waals surface area (Å²) in [6.45, 7) is 8.13. The van der Waals surface area contributed by atoms with Crippen molar-refractivity contribution >= 4 is 0 Å². The summed E-state index contributed by atoms with van der Waals surface area (Å²) in [5.74, 6) is 1.83. The molecule has 0 amide bonds. The van der Waals surface area contributed by atoms with E-state index in [2.05, 4.69) is 26.1 Å². The molecule has 1 rings (SSSR count). The van der Waals surface area contributed by atoms with Crippen LogP contribution in [0.25, 0.3) is 0 Å². The molecule has 0 spiro atoms. The SMILES string of the molecule is CCNC(CC(C)CC)C1CCCCCCC1. The van der Waals surface area contributed by atoms with Gasteiger partial charge >= 0.3 is 0 Å². The van der Waals surface area contributed by atoms with E-state index in [1.807, 2.05) is 0 Å². The van der Waals surface area contributed by atoms with E-state index in [4.69, 9.17) is 0 Å². The Balaban J connectivity index is 2.46. The molecular formula is C16H33N. The lowest BCUT2D eigenvalue weighted by Crippen LogP contribution is -2.37. The van der Waals surface area contributed by atoms with Gasteiger partial charge in [-0.2, -0.15) is 0 Å². The maximum atomic E-state index is 3.77. The molecule has 0 heterocycles. The molecule has 1 saturated carbocycles. The normalized spacial score (nSPS) is 22.8. The van der Waals surface area contributed by atoms with Gasteiger partial charge in [0.2, 0.25) is 0 Å². The molecule has 1 N–H and O–H groups in total. The molecule has 1 aliphatic rings. The third kappa shape index (κ3) is 5.90. The highest BCUT2D eigenvalue weighted by molar-refractivity contribution is 4.79. The van der Waals surface area contributed by atoms with Crippen molar-refractivity contribution in [1.82, 2.24) is 5.32 Å². The molecule has 0 bridgehead atoms. The lowest BCUT2D eigenvalue weighted by Gasteiger charge is -2.31. The molecule has 2 unspecified atom stereocenters. The summed E-state index contributed by atoms with van der Waals surface area (Å²) in [7, 11) is 0. The van der Waals surface area contributed by atoms with Crippen LogP contribution in [0.1, 0.15) is 78.6 Å². The monoisotopic (exact) mass is 239 g/mol. The van der Waals surface area contributed by atoms with Crippen molar-refractivity contribution in [2.24, 2.45) is 11.8 Å². The van der Waals surface area contributed by atoms with Gasteiger partial charge in [-0.25, -0.2) is 0 Å². The van der Waals surface area contributed by atoms with E-state index in [0.717, 1.165) is 24.4 Å². The lowest BCUT2D eigenvalue weighted by molar-refractivity contribution is 0.251. The summed E-state index contributed by atoms with van der Waals surface area (Å²) >= 11 is 0. The van der Waals surface area contributed by atoms with Gasteiger partial charge in [0.25, 0.3) is 0 Å². The van der Waals surface area contributed by atoms with Crippen LogP contribution >= 0.6 is 0 Å². The molecule has 0 aromatic carbocycles. The van der Waals surface area contributed by atoms with Crippen LogP contribution < -0.4 is 5.32 Å². The molecule has 0 aliphatic heterocycles. The molecule has 1 nitrogen and oxygen atoms in total. The van der Waals surface area contributed by atoms with E-state index in [-0.39, 0.29) is 0 Å². The quantitative estimate of drug-likeness (QED) is 0.704. The van der Waals surface area contributed by atoms with Gasteiger partial charge in [-0.3, -0.25) is 0 Å². The van der Waals surface area contributed by atoms with Crippen LogP contribution in [0.5, 0.6) is 0 Å². The van der Waals surface area contributed by atoms with Gasteiger partial charge in [0, 0.05) is 6.04 Å². The van der Waals surface area contributed by atoms with E-state index >= 15 is 0 Å². The van der Waals surface area contributed by atoms with Crippen LogP contribution in [0, 0.1) is 11.8 Å². The minimum Gasteiger partial charge on any atom is -0.314 e. The lowest BCUT2D eigenvalue weighted by atomic mass is 9.82. The van der Waals surface area contributed by atoms with E-state index in [1.165, 1.54) is 57.8 Å². The summed E-state index contributed by atoms with van der Waals surface area (Å²) in [5.41, 5.74) is 0. The van der Waals surface area contributed by atoms with E-state index in [9.17, 15) is 0 Å². The predicted molar refractivity (Wildman–Crippen MR) is 77.3 cm³/mol. The van der Waals surface area contributed by atoms with Crippen LogP contribution in [0.3, 0.4) is 0 Å². The zero-order chi connectivity index (χ0) is 12.5. The molecule has 0 saturated heterocycles. The highest BCUT2D eigenvalue weighted by Crippen LogP contribution is 2.28. The number of nitrogens with one attached hydrogen (secondary N) is 1. The second-order valence-corrected chi connectivity index (χ2v) is 6.02. The fourth-order valence-corrected chi connectivity index (χ4v) is 3.19. The van der Waals surface area contributed by atoms with Crippen molar-refractivity contribution in [3.63, 3.8) is 0 Å². The first kappa shape index (κ1) is 15.0. The topological polar surface area (TPSA) is 12.0 Å². The Morgan fingerprint density at radius 2 is 1.59 bits per heavy atom. The van der Waals surface area contributed by atoms with E-state index < -0.39 is 0 Å². The molecule has 1 aliphatic carbocycles. The first-order chi connectivity index (χ1) is 8.27. The zero-order valence-corrected chi connectivity index (χ0v) is 12.3. The van der Waals surface area contributed by atoms with Gasteiger partial charge in [0.15, 0.2) is 0 Å². The van der Waals surface area contributed by atoms with E-state index in [1.54, 1.807) is 0 Å². The Labute approximate surface area is 109 Å². The molecular weight excluding hydrogens is 206 g/mol. The van der Waals surface area contributed by atoms with Crippen molar-refractivity contribution in [1.29, 1.82) is 0 Å². The molecule has 102 valence electrons. The van der Waals surface area contributed by atoms with Gasteiger partial charge in [0.05, 0.1) is 0 Å². The minimum atomic E-state index is 0.785. The summed E-state index contributed by atoms with van der Waals surface area (Å²) in [4.78, 5) is 0. The Bertz CT molecular complexity index is 170. The van der Waals surface area contributed by atoms with Gasteiger partial charge < -0.3 is 5.32 Å². The van der Waals surface area contributed by atoms with Gasteiger partial charge in [-0.15, -0.1) is 0 Å². The average molecular weight is 239 g/mol. The summed E-state index contributed by atoms with van der Waals surface area (Å²) in [5, 5.41) is 3.77. The van der Waals surface area contributed by atoms with Crippen molar-refractivity contribution in [3.05, 3.63) is 0 Å². The number of hydrogen-bond donors (Lipinski definition) is 1. The van der Waals surface area contributed by atoms with Crippen LogP contribution in [-0.2, 0) is 0 Å². The fourth-order valence-electron chi connectivity index (χ4n) is 3.19. The molecule has 0 aromatic heterocycles. The van der Waals surface area contributed by atoms with E-state index in [0.29, 0.717) is 0 Å². The van der Waals surface area contributed by atoms with Gasteiger partial charge in [-0.1, -0.05) is 59.3 Å². The van der Waals surface area contributed by atoms with Crippen LogP contribution in [0.2, 0.25) is 0 Å². The number of hydrogen-bond acceptors (Lipinski definition) is 1. The van der Waals surface area contributed by atoms with Gasteiger partial charge in [0.1, 0.15) is 0 Å². The second-order valence-electron chi connectivity index (χ2n) is 6.02. The zero-order valence-electron chi connectivity index (χ0n) is 12.3. The molecule has 2 atom stereocenters. The van der Waals surface area contributed by atoms with Gasteiger partial charge in [-0.05, 0) is 37.6 Å². The molecule has 0 aromatic rings. The van der Waals surface area contributed by atoms with Crippen LogP contribution in [0.15, 0.2) is 0 Å². The molecule has 17 heavy (non-hydrogen) atoms. The second kappa shape index (κ2) is 8.97. The van der Waals surface area contributed by atoms with Crippen LogP contribution in [0.4, 0.5) is 0 Å². The average Bonchev–Trinajstić information content (AvgIpc) is 2.28. The first-order valence-corrected chi connectivity index (χ1v) is 8.01. The highest BCUT2D eigenvalue weighted by Gasteiger charge is 2.22. The highest BCUT2D eigenvalue weighted by atomic mass is 14.9. The number of rotatable bonds is 6. The smallest absolute Gasteiger partial charge is 0.00977 e. The standard InChI is InChI=1S/C16H33N/c1-4-14(3)13-16(17-5-2)15-11-9-7-6-8-10-12-15/h14-17H,4-13H2,1-3H3. The summed E-state index contributed by atoms with van der Waals surface area (Å²) < 4.78 is 0. The Kier molecular flexibility index (Phi) is 7.92. The minimum absolute atomic E-state index is 0.785. The molecule has 1 fully saturated rings. The molecule has 0 radical (unpaired) electrons. The summed E-state index contributed by atoms with van der Waals surface area (Å²) in [6.07, 6.45) is 13.0. The van der Waals surface area contributed by atoms with Crippen LogP contribution in [-0.4, -0.2) is 12.6 Å². The molecule has 1 heteroatoms. The maximum Gasteiger partial charge on any atom is 0.00977 e. The third-order valence-corrected chi connectivity index (χ3v) is 4.54. The Morgan fingerprint density at radius 3 is 2.12 bits per heavy atom. The third-order valence-electron chi connectivity index (χ3n) is 4.54. The largest absolute Gasteiger partial charge is 0.314 e. The Hall–Kier alpha value is -0.0400.